The van der Waals surface area contributed by atoms with Crippen LogP contribution in [0.5, 0.6) is 5.75 Å². The predicted molar refractivity (Wildman–Crippen MR) is 93.1 cm³/mol. The van der Waals surface area contributed by atoms with Gasteiger partial charge in [0.05, 0.1) is 7.11 Å². The highest BCUT2D eigenvalue weighted by Gasteiger charge is 2.32. The van der Waals surface area contributed by atoms with Gasteiger partial charge in [-0.2, -0.15) is 0 Å². The number of hydrogen-bond acceptors (Lipinski definition) is 2. The quantitative estimate of drug-likeness (QED) is 0.667. The van der Waals surface area contributed by atoms with Gasteiger partial charge in [0, 0.05) is 4.47 Å². The highest BCUT2D eigenvalue weighted by Crippen LogP contribution is 2.45. The largest absolute Gasteiger partial charge is 0.497 e. The first-order valence-electron chi connectivity index (χ1n) is 8.22. The average molecular weight is 354 g/mol. The summed E-state index contributed by atoms with van der Waals surface area (Å²) in [7, 11) is 1.72. The molecule has 1 saturated carbocycles. The van der Waals surface area contributed by atoms with Gasteiger partial charge in [-0.25, -0.2) is 0 Å². The monoisotopic (exact) mass is 353 g/mol. The Kier molecular flexibility index (Phi) is 6.56. The van der Waals surface area contributed by atoms with Gasteiger partial charge in [-0.15, -0.1) is 0 Å². The van der Waals surface area contributed by atoms with Crippen LogP contribution in [-0.2, 0) is 6.42 Å². The number of hydrogen-bond donors (Lipinski definition) is 1. The summed E-state index contributed by atoms with van der Waals surface area (Å²) < 4.78 is 6.46. The van der Waals surface area contributed by atoms with Crippen LogP contribution in [0.1, 0.15) is 51.0 Å². The molecule has 0 unspecified atom stereocenters. The number of benzene rings is 1. The van der Waals surface area contributed by atoms with E-state index in [1.54, 1.807) is 7.11 Å². The zero-order valence-corrected chi connectivity index (χ0v) is 15.0. The Morgan fingerprint density at radius 2 is 2.00 bits per heavy atom. The van der Waals surface area contributed by atoms with E-state index in [9.17, 15) is 0 Å². The van der Waals surface area contributed by atoms with Crippen molar-refractivity contribution < 1.29 is 4.74 Å². The van der Waals surface area contributed by atoms with Crippen molar-refractivity contribution in [3.05, 3.63) is 28.2 Å². The van der Waals surface area contributed by atoms with Crippen LogP contribution < -0.4 is 10.1 Å². The second-order valence-electron chi connectivity index (χ2n) is 6.27. The van der Waals surface area contributed by atoms with E-state index in [2.05, 4.69) is 46.4 Å². The smallest absolute Gasteiger partial charge is 0.120 e. The number of rotatable bonds is 8. The molecule has 0 aliphatic heterocycles. The minimum Gasteiger partial charge on any atom is -0.497 e. The van der Waals surface area contributed by atoms with Gasteiger partial charge in [-0.3, -0.25) is 0 Å². The molecule has 0 heterocycles. The molecule has 0 spiro atoms. The third kappa shape index (κ3) is 4.72. The van der Waals surface area contributed by atoms with Gasteiger partial charge >= 0.3 is 0 Å². The highest BCUT2D eigenvalue weighted by atomic mass is 79.9. The standard InChI is InChI=1S/C18H28BrNO/c1-3-20-13-12-18(9-4-5-10-18)11-8-15-6-7-16(21-2)14-17(15)19/h6-7,14,20H,3-5,8-13H2,1-2H3. The summed E-state index contributed by atoms with van der Waals surface area (Å²) in [5.74, 6) is 0.924. The second kappa shape index (κ2) is 8.19. The lowest BCUT2D eigenvalue weighted by Gasteiger charge is -2.29. The van der Waals surface area contributed by atoms with Gasteiger partial charge < -0.3 is 10.1 Å². The van der Waals surface area contributed by atoms with E-state index in [0.717, 1.165) is 18.7 Å². The zero-order valence-electron chi connectivity index (χ0n) is 13.4. The molecule has 21 heavy (non-hydrogen) atoms. The zero-order chi connectivity index (χ0) is 15.1. The number of aryl methyl sites for hydroxylation is 1. The lowest BCUT2D eigenvalue weighted by molar-refractivity contribution is 0.246. The van der Waals surface area contributed by atoms with Gasteiger partial charge in [0.2, 0.25) is 0 Å². The van der Waals surface area contributed by atoms with E-state index in [4.69, 9.17) is 4.74 Å². The van der Waals surface area contributed by atoms with Crippen molar-refractivity contribution >= 4 is 15.9 Å². The number of halogens is 1. The van der Waals surface area contributed by atoms with E-state index < -0.39 is 0 Å². The Morgan fingerprint density at radius 1 is 1.24 bits per heavy atom. The Morgan fingerprint density at radius 3 is 2.62 bits per heavy atom. The Labute approximate surface area is 137 Å². The maximum atomic E-state index is 5.27. The van der Waals surface area contributed by atoms with E-state index in [1.807, 2.05) is 0 Å². The van der Waals surface area contributed by atoms with Crippen molar-refractivity contribution in [2.75, 3.05) is 20.2 Å². The van der Waals surface area contributed by atoms with Crippen molar-refractivity contribution in [3.8, 4) is 5.75 Å². The molecule has 0 bridgehead atoms. The van der Waals surface area contributed by atoms with Gasteiger partial charge in [0.25, 0.3) is 0 Å². The van der Waals surface area contributed by atoms with Crippen molar-refractivity contribution in [2.45, 2.75) is 51.9 Å². The van der Waals surface area contributed by atoms with Crippen molar-refractivity contribution in [2.24, 2.45) is 5.41 Å². The summed E-state index contributed by atoms with van der Waals surface area (Å²) in [4.78, 5) is 0. The Hall–Kier alpha value is -0.540. The summed E-state index contributed by atoms with van der Waals surface area (Å²) in [6.07, 6.45) is 9.44. The molecule has 0 saturated heterocycles. The summed E-state index contributed by atoms with van der Waals surface area (Å²) in [6, 6.07) is 6.35. The molecule has 1 aromatic rings. The fourth-order valence-electron chi connectivity index (χ4n) is 3.54. The third-order valence-corrected chi connectivity index (χ3v) is 5.67. The molecule has 1 aromatic carbocycles. The minimum absolute atomic E-state index is 0.571. The van der Waals surface area contributed by atoms with Crippen LogP contribution in [0.25, 0.3) is 0 Å². The Balaban J connectivity index is 1.95. The SMILES string of the molecule is CCNCCC1(CCc2ccc(OC)cc2Br)CCCC1. The topological polar surface area (TPSA) is 21.3 Å². The van der Waals surface area contributed by atoms with Crippen LogP contribution in [0.4, 0.5) is 0 Å². The summed E-state index contributed by atoms with van der Waals surface area (Å²) >= 11 is 3.69. The third-order valence-electron chi connectivity index (χ3n) is 4.93. The van der Waals surface area contributed by atoms with Crippen molar-refractivity contribution in [1.82, 2.24) is 5.32 Å². The van der Waals surface area contributed by atoms with Gasteiger partial charge in [-0.1, -0.05) is 41.8 Å². The maximum Gasteiger partial charge on any atom is 0.120 e. The van der Waals surface area contributed by atoms with Gasteiger partial charge in [0.1, 0.15) is 5.75 Å². The van der Waals surface area contributed by atoms with E-state index >= 15 is 0 Å². The fraction of sp³-hybridized carbons (Fsp3) is 0.667. The van der Waals surface area contributed by atoms with Crippen molar-refractivity contribution in [3.63, 3.8) is 0 Å². The van der Waals surface area contributed by atoms with Crippen LogP contribution in [-0.4, -0.2) is 20.2 Å². The van der Waals surface area contributed by atoms with E-state index in [0.29, 0.717) is 5.41 Å². The summed E-state index contributed by atoms with van der Waals surface area (Å²) in [5.41, 5.74) is 1.98. The number of nitrogens with one attached hydrogen (secondary N) is 1. The van der Waals surface area contributed by atoms with E-state index in [-0.39, 0.29) is 0 Å². The molecule has 1 aliphatic carbocycles. The first-order valence-corrected chi connectivity index (χ1v) is 9.01. The molecule has 1 N–H and O–H groups in total. The van der Waals surface area contributed by atoms with Crippen LogP contribution >= 0.6 is 15.9 Å². The molecular weight excluding hydrogens is 326 g/mol. The summed E-state index contributed by atoms with van der Waals surface area (Å²) in [6.45, 7) is 4.44. The lowest BCUT2D eigenvalue weighted by atomic mass is 9.77. The average Bonchev–Trinajstić information content (AvgIpc) is 2.95. The fourth-order valence-corrected chi connectivity index (χ4v) is 4.09. The normalized spacial score (nSPS) is 17.1. The molecule has 3 heteroatoms. The maximum absolute atomic E-state index is 5.27. The van der Waals surface area contributed by atoms with Crippen molar-refractivity contribution in [1.29, 1.82) is 0 Å². The molecule has 1 fully saturated rings. The Bertz CT molecular complexity index is 441. The first-order chi connectivity index (χ1) is 10.2. The van der Waals surface area contributed by atoms with Crippen LogP contribution in [0.2, 0.25) is 0 Å². The second-order valence-corrected chi connectivity index (χ2v) is 7.12. The molecule has 0 radical (unpaired) electrons. The predicted octanol–water partition coefficient (Wildman–Crippen LogP) is 4.95. The molecular formula is C18H28BrNO. The van der Waals surface area contributed by atoms with Gasteiger partial charge in [0.15, 0.2) is 0 Å². The van der Waals surface area contributed by atoms with Crippen LogP contribution in [0, 0.1) is 5.41 Å². The number of methoxy groups -OCH3 is 1. The lowest BCUT2D eigenvalue weighted by Crippen LogP contribution is -2.25. The van der Waals surface area contributed by atoms with E-state index in [1.165, 1.54) is 55.1 Å². The molecule has 118 valence electrons. The molecule has 1 aliphatic rings. The molecule has 0 atom stereocenters. The van der Waals surface area contributed by atoms with Crippen LogP contribution in [0.15, 0.2) is 22.7 Å². The molecule has 2 rings (SSSR count). The first kappa shape index (κ1) is 16.8. The minimum atomic E-state index is 0.571. The summed E-state index contributed by atoms with van der Waals surface area (Å²) in [5, 5.41) is 3.50. The number of ether oxygens (including phenoxy) is 1. The molecule has 2 nitrogen and oxygen atoms in total. The highest BCUT2D eigenvalue weighted by molar-refractivity contribution is 9.10. The molecule has 0 amide bonds. The van der Waals surface area contributed by atoms with Crippen LogP contribution in [0.3, 0.4) is 0 Å². The van der Waals surface area contributed by atoms with Gasteiger partial charge in [-0.05, 0) is 68.3 Å². The molecule has 0 aromatic heterocycles.